The second-order valence-electron chi connectivity index (χ2n) is 7.94. The highest BCUT2D eigenvalue weighted by molar-refractivity contribution is 5.83. The third-order valence-electron chi connectivity index (χ3n) is 5.86. The van der Waals surface area contributed by atoms with Crippen molar-refractivity contribution in [2.45, 2.75) is 37.3 Å². The predicted octanol–water partition coefficient (Wildman–Crippen LogP) is 2.66. The number of hydrogen-bond donors (Lipinski definition) is 3. The summed E-state index contributed by atoms with van der Waals surface area (Å²) in [6.45, 7) is 0.781. The number of carbonyl (C=O) groups is 3. The van der Waals surface area contributed by atoms with Crippen molar-refractivity contribution in [3.8, 4) is 11.1 Å². The summed E-state index contributed by atoms with van der Waals surface area (Å²) in [7, 11) is 0. The molecule has 0 bridgehead atoms. The zero-order valence-corrected chi connectivity index (χ0v) is 17.6. The zero-order valence-electron chi connectivity index (χ0n) is 17.6. The molecule has 0 saturated carbocycles. The number of hydrogen-bond acceptors (Lipinski definition) is 5. The van der Waals surface area contributed by atoms with Gasteiger partial charge in [-0.1, -0.05) is 48.5 Å². The van der Waals surface area contributed by atoms with Crippen LogP contribution in [0.4, 0.5) is 4.79 Å². The van der Waals surface area contributed by atoms with E-state index in [0.717, 1.165) is 22.3 Å². The van der Waals surface area contributed by atoms with Gasteiger partial charge in [-0.05, 0) is 35.1 Å². The van der Waals surface area contributed by atoms with E-state index in [0.29, 0.717) is 19.4 Å². The van der Waals surface area contributed by atoms with E-state index in [9.17, 15) is 14.4 Å². The van der Waals surface area contributed by atoms with Crippen LogP contribution in [-0.2, 0) is 19.1 Å². The Hall–Kier alpha value is -3.39. The van der Waals surface area contributed by atoms with Crippen molar-refractivity contribution in [3.05, 3.63) is 59.7 Å². The van der Waals surface area contributed by atoms with Crippen LogP contribution in [0.25, 0.3) is 11.1 Å². The summed E-state index contributed by atoms with van der Waals surface area (Å²) in [5.74, 6) is -1.32. The largest absolute Gasteiger partial charge is 0.481 e. The molecule has 1 fully saturated rings. The molecule has 2 aromatic carbocycles. The lowest BCUT2D eigenvalue weighted by molar-refractivity contribution is -0.137. The fourth-order valence-corrected chi connectivity index (χ4v) is 4.34. The molecule has 168 valence electrons. The highest BCUT2D eigenvalue weighted by Gasteiger charge is 2.36. The van der Waals surface area contributed by atoms with Gasteiger partial charge in [-0.2, -0.15) is 0 Å². The molecule has 2 aromatic rings. The number of carbonyl (C=O) groups excluding carboxylic acids is 2. The van der Waals surface area contributed by atoms with Crippen LogP contribution in [0.15, 0.2) is 48.5 Å². The van der Waals surface area contributed by atoms with Crippen LogP contribution in [0.3, 0.4) is 0 Å². The molecule has 4 rings (SSSR count). The van der Waals surface area contributed by atoms with Crippen molar-refractivity contribution < 1.29 is 29.0 Å². The van der Waals surface area contributed by atoms with Crippen LogP contribution in [0, 0.1) is 0 Å². The quantitative estimate of drug-likeness (QED) is 0.546. The number of ether oxygens (including phenoxy) is 2. The standard InChI is InChI=1S/C24H26N2O6/c27-21(28)10-5-12-25-23(29)22-20(11-13-31-22)26-24(30)32-14-19-17-8-3-1-6-15(17)16-7-2-4-9-18(16)19/h1-4,6-9,19-20,22H,5,10-14H2,(H,25,29)(H,26,30)(H,27,28)/t20-,22+/m1/s1. The minimum absolute atomic E-state index is 0.0206. The van der Waals surface area contributed by atoms with Gasteiger partial charge in [-0.3, -0.25) is 9.59 Å². The number of amides is 2. The monoisotopic (exact) mass is 438 g/mol. The number of aliphatic carboxylic acids is 1. The molecule has 1 aliphatic heterocycles. The smallest absolute Gasteiger partial charge is 0.407 e. The van der Waals surface area contributed by atoms with Crippen molar-refractivity contribution >= 4 is 18.0 Å². The predicted molar refractivity (Wildman–Crippen MR) is 116 cm³/mol. The minimum atomic E-state index is -0.911. The van der Waals surface area contributed by atoms with E-state index in [1.54, 1.807) is 0 Å². The lowest BCUT2D eigenvalue weighted by Crippen LogP contribution is -2.48. The number of rotatable bonds is 8. The number of benzene rings is 2. The SMILES string of the molecule is O=C(O)CCCNC(=O)[C@H]1OCC[C@H]1NC(=O)OCC1c2ccccc2-c2ccccc21. The molecule has 1 saturated heterocycles. The molecule has 32 heavy (non-hydrogen) atoms. The van der Waals surface area contributed by atoms with Gasteiger partial charge in [0.1, 0.15) is 6.61 Å². The van der Waals surface area contributed by atoms with Gasteiger partial charge in [0, 0.05) is 25.5 Å². The molecule has 0 spiro atoms. The van der Waals surface area contributed by atoms with E-state index in [1.807, 2.05) is 24.3 Å². The maximum atomic E-state index is 12.5. The Bertz CT molecular complexity index is 962. The van der Waals surface area contributed by atoms with Gasteiger partial charge in [0.2, 0.25) is 0 Å². The second kappa shape index (κ2) is 9.82. The highest BCUT2D eigenvalue weighted by atomic mass is 16.6. The molecule has 1 heterocycles. The minimum Gasteiger partial charge on any atom is -0.481 e. The van der Waals surface area contributed by atoms with Crippen LogP contribution in [-0.4, -0.2) is 55.0 Å². The third-order valence-corrected chi connectivity index (χ3v) is 5.86. The first-order chi connectivity index (χ1) is 15.5. The Morgan fingerprint density at radius 1 is 1.03 bits per heavy atom. The number of fused-ring (bicyclic) bond motifs is 3. The molecule has 8 nitrogen and oxygen atoms in total. The van der Waals surface area contributed by atoms with E-state index in [-0.39, 0.29) is 31.4 Å². The molecule has 2 aliphatic rings. The van der Waals surface area contributed by atoms with Crippen LogP contribution in [0.2, 0.25) is 0 Å². The molecule has 8 heteroatoms. The van der Waals surface area contributed by atoms with Crippen LogP contribution in [0.5, 0.6) is 0 Å². The fourth-order valence-electron chi connectivity index (χ4n) is 4.34. The van der Waals surface area contributed by atoms with E-state index in [4.69, 9.17) is 14.6 Å². The second-order valence-corrected chi connectivity index (χ2v) is 7.94. The van der Waals surface area contributed by atoms with Gasteiger partial charge in [0.15, 0.2) is 6.10 Å². The van der Waals surface area contributed by atoms with Crippen molar-refractivity contribution in [2.75, 3.05) is 19.8 Å². The summed E-state index contributed by atoms with van der Waals surface area (Å²) in [6, 6.07) is 15.7. The first-order valence-electron chi connectivity index (χ1n) is 10.8. The Morgan fingerprint density at radius 3 is 2.34 bits per heavy atom. The van der Waals surface area contributed by atoms with Crippen LogP contribution < -0.4 is 10.6 Å². The summed E-state index contributed by atoms with van der Waals surface area (Å²) in [6.07, 6.45) is -0.602. The third kappa shape index (κ3) is 4.75. The lowest BCUT2D eigenvalue weighted by Gasteiger charge is -2.20. The number of nitrogens with one attached hydrogen (secondary N) is 2. The molecule has 0 radical (unpaired) electrons. The van der Waals surface area contributed by atoms with Crippen molar-refractivity contribution in [1.29, 1.82) is 0 Å². The number of alkyl carbamates (subject to hydrolysis) is 1. The highest BCUT2D eigenvalue weighted by Crippen LogP contribution is 2.44. The Labute approximate surface area is 185 Å². The van der Waals surface area contributed by atoms with E-state index in [2.05, 4.69) is 34.9 Å². The first kappa shape index (κ1) is 21.8. The summed E-state index contributed by atoms with van der Waals surface area (Å²) in [4.78, 5) is 35.4. The average molecular weight is 438 g/mol. The summed E-state index contributed by atoms with van der Waals surface area (Å²) in [5.41, 5.74) is 4.57. The van der Waals surface area contributed by atoms with Crippen molar-refractivity contribution in [3.63, 3.8) is 0 Å². The first-order valence-corrected chi connectivity index (χ1v) is 10.8. The molecule has 0 aromatic heterocycles. The molecular weight excluding hydrogens is 412 g/mol. The summed E-state index contributed by atoms with van der Waals surface area (Å²) < 4.78 is 11.0. The topological polar surface area (TPSA) is 114 Å². The molecule has 3 N–H and O–H groups in total. The van der Waals surface area contributed by atoms with Crippen LogP contribution in [0.1, 0.15) is 36.3 Å². The Kier molecular flexibility index (Phi) is 6.70. The zero-order chi connectivity index (χ0) is 22.5. The fraction of sp³-hybridized carbons (Fsp3) is 0.375. The van der Waals surface area contributed by atoms with E-state index in [1.165, 1.54) is 0 Å². The summed E-state index contributed by atoms with van der Waals surface area (Å²) >= 11 is 0. The van der Waals surface area contributed by atoms with Gasteiger partial charge in [0.25, 0.3) is 5.91 Å². The average Bonchev–Trinajstić information content (AvgIpc) is 3.37. The van der Waals surface area contributed by atoms with E-state index >= 15 is 0 Å². The number of carboxylic acids is 1. The van der Waals surface area contributed by atoms with E-state index < -0.39 is 24.2 Å². The summed E-state index contributed by atoms with van der Waals surface area (Å²) in [5, 5.41) is 14.1. The molecule has 2 amide bonds. The van der Waals surface area contributed by atoms with Gasteiger partial charge in [0.05, 0.1) is 6.04 Å². The Morgan fingerprint density at radius 2 is 1.69 bits per heavy atom. The molecular formula is C24H26N2O6. The van der Waals surface area contributed by atoms with Crippen LogP contribution >= 0.6 is 0 Å². The molecule has 2 atom stereocenters. The van der Waals surface area contributed by atoms with Gasteiger partial charge in [-0.25, -0.2) is 4.79 Å². The maximum Gasteiger partial charge on any atom is 0.407 e. The molecule has 1 aliphatic carbocycles. The maximum absolute atomic E-state index is 12.5. The van der Waals surface area contributed by atoms with Crippen molar-refractivity contribution in [1.82, 2.24) is 10.6 Å². The van der Waals surface area contributed by atoms with Gasteiger partial charge < -0.3 is 25.2 Å². The van der Waals surface area contributed by atoms with Gasteiger partial charge in [-0.15, -0.1) is 0 Å². The van der Waals surface area contributed by atoms with Gasteiger partial charge >= 0.3 is 12.1 Å². The number of carboxylic acid groups (broad SMARTS) is 1. The lowest BCUT2D eigenvalue weighted by atomic mass is 9.98. The Balaban J connectivity index is 1.31. The normalized spacial score (nSPS) is 19.1. The molecule has 0 unspecified atom stereocenters. The van der Waals surface area contributed by atoms with Crippen molar-refractivity contribution in [2.24, 2.45) is 0 Å².